The van der Waals surface area contributed by atoms with Gasteiger partial charge in [0.2, 0.25) is 0 Å². The summed E-state index contributed by atoms with van der Waals surface area (Å²) in [5, 5.41) is 0. The third kappa shape index (κ3) is 3.65. The van der Waals surface area contributed by atoms with Gasteiger partial charge in [0.1, 0.15) is 11.9 Å². The summed E-state index contributed by atoms with van der Waals surface area (Å²) in [5.41, 5.74) is 6.73. The molecule has 2 N–H and O–H groups in total. The first kappa shape index (κ1) is 17.0. The molecule has 2 atom stereocenters. The van der Waals surface area contributed by atoms with E-state index in [1.807, 2.05) is 30.0 Å². The number of nitrogens with zero attached hydrogens (tertiary/aromatic N) is 2. The molecule has 3 rings (SSSR count). The van der Waals surface area contributed by atoms with Crippen LogP contribution < -0.4 is 15.4 Å². The molecule has 0 radical (unpaired) electrons. The van der Waals surface area contributed by atoms with E-state index >= 15 is 0 Å². The molecule has 0 unspecified atom stereocenters. The molecule has 0 spiro atoms. The maximum absolute atomic E-state index is 12.6. The second-order valence-corrected chi connectivity index (χ2v) is 6.27. The normalized spacial score (nSPS) is 24.2. The van der Waals surface area contributed by atoms with Gasteiger partial charge in [-0.2, -0.15) is 0 Å². The van der Waals surface area contributed by atoms with E-state index in [0.717, 1.165) is 37.4 Å². The van der Waals surface area contributed by atoms with E-state index in [0.29, 0.717) is 26.2 Å². The molecule has 2 fully saturated rings. The molecule has 2 heterocycles. The molecule has 24 heavy (non-hydrogen) atoms. The Morgan fingerprint density at radius 1 is 1.25 bits per heavy atom. The van der Waals surface area contributed by atoms with E-state index in [1.165, 1.54) is 0 Å². The van der Waals surface area contributed by atoms with Crippen LogP contribution in [0.3, 0.4) is 0 Å². The minimum atomic E-state index is -0.305. The number of amides is 1. The lowest BCUT2D eigenvalue weighted by Crippen LogP contribution is -2.51. The summed E-state index contributed by atoms with van der Waals surface area (Å²) >= 11 is 0. The fourth-order valence-electron chi connectivity index (χ4n) is 3.43. The number of ether oxygens (including phenoxy) is 2. The van der Waals surface area contributed by atoms with Gasteiger partial charge >= 0.3 is 0 Å². The van der Waals surface area contributed by atoms with Crippen LogP contribution >= 0.6 is 0 Å². The van der Waals surface area contributed by atoms with Crippen molar-refractivity contribution in [2.45, 2.75) is 32.0 Å². The Kier molecular flexibility index (Phi) is 5.58. The number of nitrogens with two attached hydrogens (primary N) is 1. The average molecular weight is 333 g/mol. The Labute approximate surface area is 143 Å². The molecule has 1 aromatic rings. The zero-order valence-electron chi connectivity index (χ0n) is 14.3. The fraction of sp³-hybridized carbons (Fsp3) is 0.611. The third-order valence-electron chi connectivity index (χ3n) is 4.74. The lowest BCUT2D eigenvalue weighted by molar-refractivity contribution is -0.143. The molecule has 1 aromatic carbocycles. The molecule has 6 heteroatoms. The van der Waals surface area contributed by atoms with Crippen LogP contribution in [0.25, 0.3) is 0 Å². The van der Waals surface area contributed by atoms with Crippen molar-refractivity contribution in [2.75, 3.05) is 44.2 Å². The summed E-state index contributed by atoms with van der Waals surface area (Å²) in [6.07, 6.45) is 1.40. The highest BCUT2D eigenvalue weighted by molar-refractivity contribution is 5.81. The summed E-state index contributed by atoms with van der Waals surface area (Å²) in [6, 6.07) is 8.08. The molecule has 6 nitrogen and oxygen atoms in total. The Hall–Kier alpha value is -1.79. The van der Waals surface area contributed by atoms with Gasteiger partial charge in [-0.25, -0.2) is 0 Å². The van der Waals surface area contributed by atoms with Crippen molar-refractivity contribution < 1.29 is 14.3 Å². The van der Waals surface area contributed by atoms with Crippen LogP contribution in [-0.2, 0) is 9.53 Å². The number of anilines is 1. The second kappa shape index (κ2) is 7.85. The second-order valence-electron chi connectivity index (χ2n) is 6.27. The van der Waals surface area contributed by atoms with Crippen molar-refractivity contribution in [3.05, 3.63) is 24.3 Å². The van der Waals surface area contributed by atoms with Crippen molar-refractivity contribution in [3.8, 4) is 5.75 Å². The Morgan fingerprint density at radius 2 is 2.00 bits per heavy atom. The number of para-hydroxylation sites is 2. The molecular formula is C18H27N3O3. The average Bonchev–Trinajstić information content (AvgIpc) is 3.11. The SMILES string of the molecule is CCOc1ccccc1N1CCN(C(=O)[C@@H]2CC[C@H](CN)O2)CC1. The molecule has 0 saturated carbocycles. The van der Waals surface area contributed by atoms with Gasteiger partial charge in [-0.3, -0.25) is 4.79 Å². The number of benzene rings is 1. The number of carbonyl (C=O) groups is 1. The predicted octanol–water partition coefficient (Wildman–Crippen LogP) is 1.24. The first-order valence-electron chi connectivity index (χ1n) is 8.84. The molecule has 132 valence electrons. The fourth-order valence-corrected chi connectivity index (χ4v) is 3.43. The molecule has 2 aliphatic rings. The zero-order chi connectivity index (χ0) is 16.9. The predicted molar refractivity (Wildman–Crippen MR) is 93.4 cm³/mol. The topological polar surface area (TPSA) is 68.0 Å². The third-order valence-corrected chi connectivity index (χ3v) is 4.74. The Morgan fingerprint density at radius 3 is 2.67 bits per heavy atom. The minimum Gasteiger partial charge on any atom is -0.492 e. The maximum atomic E-state index is 12.6. The lowest BCUT2D eigenvalue weighted by atomic mass is 10.1. The smallest absolute Gasteiger partial charge is 0.251 e. The standard InChI is InChI=1S/C18H27N3O3/c1-2-23-16-6-4-3-5-15(16)20-9-11-21(12-10-20)18(22)17-8-7-14(13-19)24-17/h3-6,14,17H,2,7-13,19H2,1H3/t14-,17+/m1/s1. The number of hydrogen-bond donors (Lipinski definition) is 1. The summed E-state index contributed by atoms with van der Waals surface area (Å²) in [6.45, 7) is 6.18. The van der Waals surface area contributed by atoms with Crippen molar-refractivity contribution >= 4 is 11.6 Å². The van der Waals surface area contributed by atoms with Gasteiger partial charge in [-0.15, -0.1) is 0 Å². The van der Waals surface area contributed by atoms with E-state index in [2.05, 4.69) is 11.0 Å². The Bertz CT molecular complexity index is 558. The lowest BCUT2D eigenvalue weighted by Gasteiger charge is -2.37. The van der Waals surface area contributed by atoms with Crippen LogP contribution in [0.2, 0.25) is 0 Å². The highest BCUT2D eigenvalue weighted by Crippen LogP contribution is 2.29. The van der Waals surface area contributed by atoms with Crippen LogP contribution in [0.15, 0.2) is 24.3 Å². The highest BCUT2D eigenvalue weighted by Gasteiger charge is 2.34. The molecule has 2 saturated heterocycles. The molecule has 0 aliphatic carbocycles. The monoisotopic (exact) mass is 333 g/mol. The Balaban J connectivity index is 1.57. The number of rotatable bonds is 5. The van der Waals surface area contributed by atoms with Gasteiger partial charge in [0, 0.05) is 32.7 Å². The van der Waals surface area contributed by atoms with E-state index < -0.39 is 0 Å². The maximum Gasteiger partial charge on any atom is 0.251 e. The first-order chi connectivity index (χ1) is 11.7. The zero-order valence-corrected chi connectivity index (χ0v) is 14.3. The molecule has 2 aliphatic heterocycles. The van der Waals surface area contributed by atoms with Crippen molar-refractivity contribution in [2.24, 2.45) is 5.73 Å². The van der Waals surface area contributed by atoms with Gasteiger partial charge < -0.3 is 25.0 Å². The summed E-state index contributed by atoms with van der Waals surface area (Å²) < 4.78 is 11.5. The molecule has 0 aromatic heterocycles. The van der Waals surface area contributed by atoms with Crippen LogP contribution in [0.5, 0.6) is 5.75 Å². The van der Waals surface area contributed by atoms with Crippen LogP contribution in [-0.4, -0.2) is 62.3 Å². The van der Waals surface area contributed by atoms with Gasteiger partial charge in [0.25, 0.3) is 5.91 Å². The number of hydrogen-bond acceptors (Lipinski definition) is 5. The highest BCUT2D eigenvalue weighted by atomic mass is 16.5. The van der Waals surface area contributed by atoms with Crippen LogP contribution in [0.4, 0.5) is 5.69 Å². The van der Waals surface area contributed by atoms with E-state index in [-0.39, 0.29) is 18.1 Å². The van der Waals surface area contributed by atoms with E-state index in [9.17, 15) is 4.79 Å². The van der Waals surface area contributed by atoms with Crippen LogP contribution in [0, 0.1) is 0 Å². The molecular weight excluding hydrogens is 306 g/mol. The number of piperazine rings is 1. The summed E-state index contributed by atoms with van der Waals surface area (Å²) in [7, 11) is 0. The van der Waals surface area contributed by atoms with Crippen molar-refractivity contribution in [1.29, 1.82) is 0 Å². The summed E-state index contributed by atoms with van der Waals surface area (Å²) in [4.78, 5) is 16.8. The van der Waals surface area contributed by atoms with Gasteiger partial charge in [-0.05, 0) is 31.9 Å². The molecule has 1 amide bonds. The van der Waals surface area contributed by atoms with E-state index in [1.54, 1.807) is 0 Å². The molecule has 0 bridgehead atoms. The quantitative estimate of drug-likeness (QED) is 0.878. The van der Waals surface area contributed by atoms with Gasteiger partial charge in [-0.1, -0.05) is 12.1 Å². The number of carbonyl (C=O) groups excluding carboxylic acids is 1. The van der Waals surface area contributed by atoms with E-state index in [4.69, 9.17) is 15.2 Å². The summed E-state index contributed by atoms with van der Waals surface area (Å²) in [5.74, 6) is 1.02. The van der Waals surface area contributed by atoms with Gasteiger partial charge in [0.15, 0.2) is 0 Å². The minimum absolute atomic E-state index is 0.0401. The first-order valence-corrected chi connectivity index (χ1v) is 8.84. The van der Waals surface area contributed by atoms with Crippen LogP contribution in [0.1, 0.15) is 19.8 Å². The largest absolute Gasteiger partial charge is 0.492 e. The van der Waals surface area contributed by atoms with Crippen molar-refractivity contribution in [3.63, 3.8) is 0 Å². The van der Waals surface area contributed by atoms with Crippen molar-refractivity contribution in [1.82, 2.24) is 4.90 Å². The van der Waals surface area contributed by atoms with Gasteiger partial charge in [0.05, 0.1) is 18.4 Å².